The summed E-state index contributed by atoms with van der Waals surface area (Å²) in [6.07, 6.45) is 4.30. The molecule has 1 fully saturated rings. The number of nitrogens with one attached hydrogen (secondary N) is 1. The Hall–Kier alpha value is -1.74. The Morgan fingerprint density at radius 3 is 2.96 bits per heavy atom. The summed E-state index contributed by atoms with van der Waals surface area (Å²) in [4.78, 5) is 22.4. The Labute approximate surface area is 159 Å². The monoisotopic (exact) mass is 390 g/mol. The normalized spacial score (nSPS) is 15.7. The standard InChI is InChI=1S/C17H22N6OS2/c1-4-9(2)7-12-10(3)26-16-14(12)15(24)18-13(19-16)8-25-17-20-21-22-23(17)11-5-6-11/h9,11H,4-8H2,1-3H3,(H,18,19,24)/t9-/m1/s1. The number of hydrogen-bond donors (Lipinski definition) is 1. The van der Waals surface area contributed by atoms with Gasteiger partial charge in [-0.05, 0) is 48.1 Å². The van der Waals surface area contributed by atoms with Gasteiger partial charge >= 0.3 is 0 Å². The van der Waals surface area contributed by atoms with Gasteiger partial charge in [-0.3, -0.25) is 4.79 Å². The molecule has 1 N–H and O–H groups in total. The average Bonchev–Trinajstić information content (AvgIpc) is 3.27. The zero-order valence-electron chi connectivity index (χ0n) is 15.2. The summed E-state index contributed by atoms with van der Waals surface area (Å²) < 4.78 is 1.88. The van der Waals surface area contributed by atoms with Crippen molar-refractivity contribution in [3.8, 4) is 0 Å². The van der Waals surface area contributed by atoms with Crippen molar-refractivity contribution in [1.29, 1.82) is 0 Å². The Morgan fingerprint density at radius 2 is 2.23 bits per heavy atom. The van der Waals surface area contributed by atoms with Crippen LogP contribution in [0.5, 0.6) is 0 Å². The van der Waals surface area contributed by atoms with Gasteiger partial charge in [0.25, 0.3) is 5.56 Å². The van der Waals surface area contributed by atoms with Crippen LogP contribution in [0.25, 0.3) is 10.2 Å². The third-order valence-corrected chi connectivity index (χ3v) is 6.84. The lowest BCUT2D eigenvalue weighted by Gasteiger charge is -2.08. The van der Waals surface area contributed by atoms with Crippen LogP contribution in [-0.2, 0) is 12.2 Å². The van der Waals surface area contributed by atoms with Crippen molar-refractivity contribution in [3.05, 3.63) is 26.6 Å². The largest absolute Gasteiger partial charge is 0.309 e. The van der Waals surface area contributed by atoms with E-state index in [9.17, 15) is 4.79 Å². The van der Waals surface area contributed by atoms with Crippen LogP contribution >= 0.6 is 23.1 Å². The molecule has 3 heterocycles. The van der Waals surface area contributed by atoms with E-state index >= 15 is 0 Å². The van der Waals surface area contributed by atoms with Gasteiger partial charge in [-0.2, -0.15) is 0 Å². The molecule has 3 aromatic heterocycles. The lowest BCUT2D eigenvalue weighted by molar-refractivity contribution is 0.561. The number of tetrazole rings is 1. The highest BCUT2D eigenvalue weighted by atomic mass is 32.2. The molecule has 0 spiro atoms. The van der Waals surface area contributed by atoms with E-state index in [1.54, 1.807) is 11.3 Å². The van der Waals surface area contributed by atoms with Gasteiger partial charge in [0.1, 0.15) is 10.7 Å². The molecule has 1 aliphatic rings. The fraction of sp³-hybridized carbons (Fsp3) is 0.588. The maximum atomic E-state index is 12.7. The van der Waals surface area contributed by atoms with E-state index in [0.29, 0.717) is 23.5 Å². The molecule has 1 saturated carbocycles. The molecule has 1 aliphatic carbocycles. The minimum Gasteiger partial charge on any atom is -0.309 e. The quantitative estimate of drug-likeness (QED) is 0.621. The number of hydrogen-bond acceptors (Lipinski definition) is 7. The molecule has 0 bridgehead atoms. The highest BCUT2D eigenvalue weighted by molar-refractivity contribution is 7.98. The van der Waals surface area contributed by atoms with Gasteiger partial charge < -0.3 is 4.98 Å². The second kappa shape index (κ2) is 7.11. The third kappa shape index (κ3) is 3.42. The molecular weight excluding hydrogens is 368 g/mol. The van der Waals surface area contributed by atoms with E-state index in [0.717, 1.165) is 46.6 Å². The van der Waals surface area contributed by atoms with Gasteiger partial charge in [-0.1, -0.05) is 32.0 Å². The van der Waals surface area contributed by atoms with Crippen LogP contribution in [0.3, 0.4) is 0 Å². The fourth-order valence-corrected chi connectivity index (χ4v) is 4.88. The Morgan fingerprint density at radius 1 is 1.42 bits per heavy atom. The van der Waals surface area contributed by atoms with E-state index in [-0.39, 0.29) is 5.56 Å². The van der Waals surface area contributed by atoms with Crippen LogP contribution < -0.4 is 5.56 Å². The first kappa shape index (κ1) is 17.7. The number of thioether (sulfide) groups is 1. The molecule has 138 valence electrons. The van der Waals surface area contributed by atoms with E-state index in [1.165, 1.54) is 16.6 Å². The van der Waals surface area contributed by atoms with Gasteiger partial charge in [0.05, 0.1) is 17.2 Å². The highest BCUT2D eigenvalue weighted by Gasteiger charge is 2.28. The number of fused-ring (bicyclic) bond motifs is 1. The first-order valence-electron chi connectivity index (χ1n) is 8.98. The zero-order valence-corrected chi connectivity index (χ0v) is 16.8. The van der Waals surface area contributed by atoms with Crippen molar-refractivity contribution in [2.24, 2.45) is 5.92 Å². The molecule has 1 atom stereocenters. The summed E-state index contributed by atoms with van der Waals surface area (Å²) in [5.74, 6) is 1.78. The summed E-state index contributed by atoms with van der Waals surface area (Å²) in [5, 5.41) is 13.5. The van der Waals surface area contributed by atoms with Crippen molar-refractivity contribution < 1.29 is 0 Å². The van der Waals surface area contributed by atoms with Crippen LogP contribution in [0.15, 0.2) is 9.95 Å². The first-order valence-corrected chi connectivity index (χ1v) is 10.8. The van der Waals surface area contributed by atoms with Crippen LogP contribution in [-0.4, -0.2) is 30.2 Å². The Kier molecular flexibility index (Phi) is 4.83. The predicted octanol–water partition coefficient (Wildman–Crippen LogP) is 3.50. The van der Waals surface area contributed by atoms with Gasteiger partial charge in [-0.15, -0.1) is 16.4 Å². The lowest BCUT2D eigenvalue weighted by atomic mass is 9.98. The van der Waals surface area contributed by atoms with Crippen molar-refractivity contribution in [1.82, 2.24) is 30.2 Å². The fourth-order valence-electron chi connectivity index (χ4n) is 2.99. The second-order valence-corrected chi connectivity index (χ2v) is 9.12. The predicted molar refractivity (Wildman–Crippen MR) is 104 cm³/mol. The highest BCUT2D eigenvalue weighted by Crippen LogP contribution is 2.37. The smallest absolute Gasteiger partial charge is 0.259 e. The van der Waals surface area contributed by atoms with E-state index in [1.807, 2.05) is 4.68 Å². The number of aromatic amines is 1. The number of H-pyrrole nitrogens is 1. The van der Waals surface area contributed by atoms with Crippen LogP contribution in [0.4, 0.5) is 0 Å². The third-order valence-electron chi connectivity index (χ3n) is 4.85. The van der Waals surface area contributed by atoms with E-state index in [2.05, 4.69) is 41.3 Å². The SMILES string of the molecule is CC[C@@H](C)Cc1c(C)sc2nc(CSc3nnnn3C3CC3)[nH]c(=O)c12. The van der Waals surface area contributed by atoms with Crippen LogP contribution in [0.1, 0.15) is 55.4 Å². The number of nitrogens with zero attached hydrogens (tertiary/aromatic N) is 5. The second-order valence-electron chi connectivity index (χ2n) is 6.97. The summed E-state index contributed by atoms with van der Waals surface area (Å²) in [6, 6.07) is 0.435. The van der Waals surface area contributed by atoms with Crippen molar-refractivity contribution in [2.75, 3.05) is 0 Å². The Bertz CT molecular complexity index is 987. The van der Waals surface area contributed by atoms with Crippen LogP contribution in [0.2, 0.25) is 0 Å². The molecule has 7 nitrogen and oxygen atoms in total. The van der Waals surface area contributed by atoms with E-state index in [4.69, 9.17) is 4.98 Å². The van der Waals surface area contributed by atoms with Crippen LogP contribution in [0, 0.1) is 12.8 Å². The minimum atomic E-state index is -0.0324. The van der Waals surface area contributed by atoms with Crippen molar-refractivity contribution in [3.63, 3.8) is 0 Å². The van der Waals surface area contributed by atoms with Crippen molar-refractivity contribution >= 4 is 33.3 Å². The van der Waals surface area contributed by atoms with Gasteiger partial charge in [0.2, 0.25) is 5.16 Å². The molecule has 3 aromatic rings. The minimum absolute atomic E-state index is 0.0324. The number of rotatable bonds is 7. The van der Waals surface area contributed by atoms with Gasteiger partial charge in [0, 0.05) is 4.88 Å². The van der Waals surface area contributed by atoms with Gasteiger partial charge in [-0.25, -0.2) is 9.67 Å². The zero-order chi connectivity index (χ0) is 18.3. The Balaban J connectivity index is 1.59. The molecule has 0 saturated heterocycles. The van der Waals surface area contributed by atoms with Gasteiger partial charge in [0.15, 0.2) is 0 Å². The van der Waals surface area contributed by atoms with Crippen molar-refractivity contribution in [2.45, 2.75) is 63.4 Å². The average molecular weight is 391 g/mol. The topological polar surface area (TPSA) is 89.3 Å². The maximum Gasteiger partial charge on any atom is 0.259 e. The molecule has 0 amide bonds. The lowest BCUT2D eigenvalue weighted by Crippen LogP contribution is -2.12. The summed E-state index contributed by atoms with van der Waals surface area (Å²) in [7, 11) is 0. The molecule has 0 radical (unpaired) electrons. The molecule has 4 rings (SSSR count). The molecule has 0 aliphatic heterocycles. The molecule has 0 unspecified atom stereocenters. The summed E-state index contributed by atoms with van der Waals surface area (Å²) >= 11 is 3.13. The molecule has 26 heavy (non-hydrogen) atoms. The molecule has 0 aromatic carbocycles. The number of aryl methyl sites for hydroxylation is 1. The summed E-state index contributed by atoms with van der Waals surface area (Å²) in [5.41, 5.74) is 1.13. The number of thiophene rings is 1. The maximum absolute atomic E-state index is 12.7. The molecule has 9 heteroatoms. The first-order chi connectivity index (χ1) is 12.6. The number of aromatic nitrogens is 6. The van der Waals surface area contributed by atoms with E-state index < -0.39 is 0 Å². The summed E-state index contributed by atoms with van der Waals surface area (Å²) in [6.45, 7) is 6.49. The molecular formula is C17H22N6OS2.